The first-order chi connectivity index (χ1) is 8.24. The van der Waals surface area contributed by atoms with Crippen molar-refractivity contribution < 1.29 is 14.6 Å². The van der Waals surface area contributed by atoms with Crippen molar-refractivity contribution in [1.29, 1.82) is 0 Å². The van der Waals surface area contributed by atoms with Gasteiger partial charge < -0.3 is 9.84 Å². The van der Waals surface area contributed by atoms with Crippen LogP contribution in [-0.4, -0.2) is 23.8 Å². The zero-order valence-corrected chi connectivity index (χ0v) is 10.3. The Balaban J connectivity index is 2.24. The molecule has 0 aliphatic heterocycles. The van der Waals surface area contributed by atoms with E-state index in [1.807, 2.05) is 37.3 Å². The van der Waals surface area contributed by atoms with Crippen LogP contribution in [0.5, 0.6) is 0 Å². The van der Waals surface area contributed by atoms with Gasteiger partial charge in [-0.25, -0.2) is 4.79 Å². The van der Waals surface area contributed by atoms with Gasteiger partial charge in [0.2, 0.25) is 0 Å². The predicted molar refractivity (Wildman–Crippen MR) is 66.6 cm³/mol. The molecule has 0 fully saturated rings. The van der Waals surface area contributed by atoms with Gasteiger partial charge in [-0.05, 0) is 24.8 Å². The third kappa shape index (κ3) is 5.50. The van der Waals surface area contributed by atoms with E-state index in [1.165, 1.54) is 0 Å². The number of aliphatic hydroxyl groups is 1. The number of aryl methyl sites for hydroxylation is 1. The van der Waals surface area contributed by atoms with Crippen molar-refractivity contribution in [3.05, 3.63) is 35.9 Å². The topological polar surface area (TPSA) is 46.5 Å². The number of unbranched alkanes of at least 4 members (excludes halogenated alkanes) is 1. The third-order valence-corrected chi connectivity index (χ3v) is 2.56. The highest BCUT2D eigenvalue weighted by Gasteiger charge is 2.15. The van der Waals surface area contributed by atoms with E-state index in [0.29, 0.717) is 19.4 Å². The normalized spacial score (nSPS) is 12.1. The SMILES string of the molecule is CCCCOC(=O)C(O)CCc1ccccc1. The first-order valence-electron chi connectivity index (χ1n) is 6.12. The number of hydrogen-bond acceptors (Lipinski definition) is 3. The van der Waals surface area contributed by atoms with E-state index in [2.05, 4.69) is 0 Å². The summed E-state index contributed by atoms with van der Waals surface area (Å²) in [6, 6.07) is 9.80. The van der Waals surface area contributed by atoms with E-state index in [4.69, 9.17) is 4.74 Å². The van der Waals surface area contributed by atoms with Crippen LogP contribution in [0.25, 0.3) is 0 Å². The molecule has 3 nitrogen and oxygen atoms in total. The molecule has 0 aromatic heterocycles. The maximum atomic E-state index is 11.4. The lowest BCUT2D eigenvalue weighted by atomic mass is 10.1. The molecule has 1 rings (SSSR count). The van der Waals surface area contributed by atoms with Crippen molar-refractivity contribution in [3.8, 4) is 0 Å². The molecule has 0 bridgehead atoms. The molecule has 17 heavy (non-hydrogen) atoms. The average molecular weight is 236 g/mol. The van der Waals surface area contributed by atoms with Crippen LogP contribution in [-0.2, 0) is 16.0 Å². The predicted octanol–water partition coefficient (Wildman–Crippen LogP) is 2.32. The van der Waals surface area contributed by atoms with E-state index in [-0.39, 0.29) is 0 Å². The fraction of sp³-hybridized carbons (Fsp3) is 0.500. The molecule has 1 aromatic carbocycles. The molecule has 0 aliphatic rings. The Labute approximate surface area is 102 Å². The van der Waals surface area contributed by atoms with Crippen molar-refractivity contribution in [2.75, 3.05) is 6.61 Å². The minimum atomic E-state index is -1.01. The van der Waals surface area contributed by atoms with E-state index in [9.17, 15) is 9.90 Å². The molecule has 1 N–H and O–H groups in total. The average Bonchev–Trinajstić information content (AvgIpc) is 2.37. The number of aliphatic hydroxyl groups excluding tert-OH is 1. The number of carbonyl (C=O) groups excluding carboxylic acids is 1. The summed E-state index contributed by atoms with van der Waals surface area (Å²) in [5.74, 6) is -0.505. The molecule has 0 saturated heterocycles. The standard InChI is InChI=1S/C14H20O3/c1-2-3-11-17-14(16)13(15)10-9-12-7-5-4-6-8-12/h4-8,13,15H,2-3,9-11H2,1H3. The molecule has 1 atom stereocenters. The van der Waals surface area contributed by atoms with Crippen LogP contribution in [0.2, 0.25) is 0 Å². The van der Waals surface area contributed by atoms with Gasteiger partial charge >= 0.3 is 5.97 Å². The lowest BCUT2D eigenvalue weighted by Crippen LogP contribution is -2.24. The lowest BCUT2D eigenvalue weighted by molar-refractivity contribution is -0.153. The van der Waals surface area contributed by atoms with Gasteiger partial charge in [0.05, 0.1) is 6.61 Å². The molecular weight excluding hydrogens is 216 g/mol. The highest BCUT2D eigenvalue weighted by atomic mass is 16.5. The fourth-order valence-electron chi connectivity index (χ4n) is 1.48. The van der Waals surface area contributed by atoms with Crippen molar-refractivity contribution in [3.63, 3.8) is 0 Å². The van der Waals surface area contributed by atoms with Crippen molar-refractivity contribution in [2.24, 2.45) is 0 Å². The van der Waals surface area contributed by atoms with Crippen LogP contribution in [0.15, 0.2) is 30.3 Å². The molecule has 0 spiro atoms. The summed E-state index contributed by atoms with van der Waals surface area (Å²) >= 11 is 0. The Hall–Kier alpha value is -1.35. The van der Waals surface area contributed by atoms with Crippen molar-refractivity contribution in [2.45, 2.75) is 38.7 Å². The monoisotopic (exact) mass is 236 g/mol. The Morgan fingerprint density at radius 3 is 2.71 bits per heavy atom. The molecule has 0 radical (unpaired) electrons. The third-order valence-electron chi connectivity index (χ3n) is 2.56. The molecule has 1 unspecified atom stereocenters. The summed E-state index contributed by atoms with van der Waals surface area (Å²) in [4.78, 5) is 11.4. The second-order valence-electron chi connectivity index (χ2n) is 4.06. The van der Waals surface area contributed by atoms with Gasteiger partial charge in [-0.2, -0.15) is 0 Å². The zero-order chi connectivity index (χ0) is 12.5. The summed E-state index contributed by atoms with van der Waals surface area (Å²) in [5.41, 5.74) is 1.12. The first kappa shape index (κ1) is 13.7. The summed E-state index contributed by atoms with van der Waals surface area (Å²) < 4.78 is 4.94. The minimum absolute atomic E-state index is 0.401. The molecule has 0 amide bonds. The van der Waals surface area contributed by atoms with Gasteiger partial charge in [0.25, 0.3) is 0 Å². The quantitative estimate of drug-likeness (QED) is 0.584. The summed E-state index contributed by atoms with van der Waals surface area (Å²) in [6.07, 6.45) is 1.91. The summed E-state index contributed by atoms with van der Waals surface area (Å²) in [5, 5.41) is 9.60. The minimum Gasteiger partial charge on any atom is -0.464 e. The van der Waals surface area contributed by atoms with Gasteiger partial charge in [0, 0.05) is 0 Å². The molecule has 0 heterocycles. The molecule has 3 heteroatoms. The van der Waals surface area contributed by atoms with E-state index >= 15 is 0 Å². The molecular formula is C14H20O3. The molecule has 0 saturated carbocycles. The maximum Gasteiger partial charge on any atom is 0.334 e. The lowest BCUT2D eigenvalue weighted by Gasteiger charge is -2.10. The molecule has 0 aliphatic carbocycles. The van der Waals surface area contributed by atoms with Gasteiger partial charge in [0.1, 0.15) is 0 Å². The number of carbonyl (C=O) groups is 1. The van der Waals surface area contributed by atoms with Gasteiger partial charge in [0.15, 0.2) is 6.10 Å². The van der Waals surface area contributed by atoms with Crippen LogP contribution in [0.3, 0.4) is 0 Å². The second kappa shape index (κ2) is 7.85. The zero-order valence-electron chi connectivity index (χ0n) is 10.3. The highest BCUT2D eigenvalue weighted by Crippen LogP contribution is 2.06. The molecule has 94 valence electrons. The van der Waals surface area contributed by atoms with Crippen molar-refractivity contribution >= 4 is 5.97 Å². The highest BCUT2D eigenvalue weighted by molar-refractivity contribution is 5.74. The Bertz CT molecular complexity index is 321. The van der Waals surface area contributed by atoms with Gasteiger partial charge in [-0.15, -0.1) is 0 Å². The van der Waals surface area contributed by atoms with Crippen LogP contribution in [0, 0.1) is 0 Å². The number of benzene rings is 1. The van der Waals surface area contributed by atoms with Crippen molar-refractivity contribution in [1.82, 2.24) is 0 Å². The number of hydrogen-bond donors (Lipinski definition) is 1. The fourth-order valence-corrected chi connectivity index (χ4v) is 1.48. The number of rotatable bonds is 7. The maximum absolute atomic E-state index is 11.4. The molecule has 1 aromatic rings. The van der Waals surface area contributed by atoms with E-state index in [1.54, 1.807) is 0 Å². The van der Waals surface area contributed by atoms with E-state index in [0.717, 1.165) is 18.4 Å². The smallest absolute Gasteiger partial charge is 0.334 e. The summed E-state index contributed by atoms with van der Waals surface area (Å²) in [7, 11) is 0. The van der Waals surface area contributed by atoms with E-state index < -0.39 is 12.1 Å². The van der Waals surface area contributed by atoms with Crippen LogP contribution in [0.1, 0.15) is 31.7 Å². The number of ether oxygens (including phenoxy) is 1. The first-order valence-corrected chi connectivity index (χ1v) is 6.12. The van der Waals surface area contributed by atoms with Crippen LogP contribution < -0.4 is 0 Å². The largest absolute Gasteiger partial charge is 0.464 e. The Morgan fingerprint density at radius 2 is 2.06 bits per heavy atom. The summed E-state index contributed by atoms with van der Waals surface area (Å²) in [6.45, 7) is 2.43. The van der Waals surface area contributed by atoms with Gasteiger partial charge in [-0.3, -0.25) is 0 Å². The van der Waals surface area contributed by atoms with Gasteiger partial charge in [-0.1, -0.05) is 43.7 Å². The van der Waals surface area contributed by atoms with Crippen LogP contribution in [0.4, 0.5) is 0 Å². The Morgan fingerprint density at radius 1 is 1.35 bits per heavy atom. The number of esters is 1. The van der Waals surface area contributed by atoms with Crippen LogP contribution >= 0.6 is 0 Å². The second-order valence-corrected chi connectivity index (χ2v) is 4.06. The Kier molecular flexibility index (Phi) is 6.33.